The van der Waals surface area contributed by atoms with E-state index in [1.54, 1.807) is 12.1 Å². The fourth-order valence-corrected chi connectivity index (χ4v) is 4.73. The molecule has 0 aliphatic carbocycles. The summed E-state index contributed by atoms with van der Waals surface area (Å²) in [5.41, 5.74) is 5.51. The first-order chi connectivity index (χ1) is 20.3. The topological polar surface area (TPSA) is 103 Å². The predicted molar refractivity (Wildman–Crippen MR) is 167 cm³/mol. The number of amides is 1. The minimum absolute atomic E-state index is 0.00712. The van der Waals surface area contributed by atoms with Gasteiger partial charge in [0, 0.05) is 71.8 Å². The number of benzene rings is 3. The van der Waals surface area contributed by atoms with Crippen LogP contribution in [0.15, 0.2) is 72.9 Å². The molecule has 0 aliphatic heterocycles. The summed E-state index contributed by atoms with van der Waals surface area (Å²) >= 11 is 0. The van der Waals surface area contributed by atoms with Gasteiger partial charge in [-0.3, -0.25) is 9.59 Å². The van der Waals surface area contributed by atoms with Crippen molar-refractivity contribution >= 4 is 22.6 Å². The van der Waals surface area contributed by atoms with Gasteiger partial charge in [-0.15, -0.1) is 0 Å². The fourth-order valence-electron chi connectivity index (χ4n) is 4.73. The van der Waals surface area contributed by atoms with Crippen molar-refractivity contribution in [2.45, 2.75) is 58.7 Å². The number of ketones is 1. The lowest BCUT2D eigenvalue weighted by Crippen LogP contribution is -2.34. The van der Waals surface area contributed by atoms with Gasteiger partial charge < -0.3 is 25.5 Å². The van der Waals surface area contributed by atoms with Gasteiger partial charge in [0.1, 0.15) is 5.75 Å². The number of H-pyrrole nitrogens is 1. The predicted octanol–water partition coefficient (Wildman–Crippen LogP) is 5.15. The third-order valence-electron chi connectivity index (χ3n) is 6.88. The van der Waals surface area contributed by atoms with Crippen molar-refractivity contribution in [3.05, 3.63) is 101 Å². The van der Waals surface area contributed by atoms with E-state index in [2.05, 4.69) is 39.6 Å². The molecule has 7 heteroatoms. The SMILES string of the molecule is CC(=O)NCCCC(=O)c1ccc(C#Cc2ccc(OC(C)C)c(CN[C@@H](CO)Cc3c[nH]c4ccccc34)c2)cc1. The maximum atomic E-state index is 12.4. The molecule has 3 aromatic carbocycles. The van der Waals surface area contributed by atoms with Crippen molar-refractivity contribution in [1.29, 1.82) is 0 Å². The third kappa shape index (κ3) is 8.81. The molecule has 4 rings (SSSR count). The molecule has 0 unspecified atom stereocenters. The zero-order chi connectivity index (χ0) is 29.9. The highest BCUT2D eigenvalue weighted by molar-refractivity contribution is 5.96. The molecular formula is C35H39N3O4. The minimum Gasteiger partial charge on any atom is -0.491 e. The summed E-state index contributed by atoms with van der Waals surface area (Å²) in [5, 5.41) is 17.5. The minimum atomic E-state index is -0.127. The number of ether oxygens (including phenoxy) is 1. The number of hydrogen-bond donors (Lipinski definition) is 4. The number of aliphatic hydroxyl groups excluding tert-OH is 1. The van der Waals surface area contributed by atoms with Crippen molar-refractivity contribution in [1.82, 2.24) is 15.6 Å². The van der Waals surface area contributed by atoms with Crippen molar-refractivity contribution in [2.24, 2.45) is 0 Å². The summed E-state index contributed by atoms with van der Waals surface area (Å²) in [6.07, 6.45) is 3.71. The van der Waals surface area contributed by atoms with Gasteiger partial charge in [-0.25, -0.2) is 0 Å². The second kappa shape index (κ2) is 15.0. The van der Waals surface area contributed by atoms with E-state index in [1.807, 2.05) is 62.5 Å². The number of aromatic amines is 1. The van der Waals surface area contributed by atoms with Gasteiger partial charge in [-0.1, -0.05) is 42.2 Å². The number of carbonyl (C=O) groups is 2. The molecule has 0 saturated heterocycles. The molecule has 1 heterocycles. The van der Waals surface area contributed by atoms with Crippen LogP contribution in [-0.4, -0.2) is 47.1 Å². The second-order valence-electron chi connectivity index (χ2n) is 10.7. The molecule has 1 aromatic heterocycles. The molecule has 0 radical (unpaired) electrons. The third-order valence-corrected chi connectivity index (χ3v) is 6.88. The van der Waals surface area contributed by atoms with Crippen LogP contribution in [0.1, 0.15) is 66.2 Å². The molecule has 4 N–H and O–H groups in total. The zero-order valence-corrected chi connectivity index (χ0v) is 24.5. The summed E-state index contributed by atoms with van der Waals surface area (Å²) in [7, 11) is 0. The Morgan fingerprint density at radius 1 is 0.976 bits per heavy atom. The van der Waals surface area contributed by atoms with Crippen LogP contribution in [0.3, 0.4) is 0 Å². The molecule has 1 atom stereocenters. The van der Waals surface area contributed by atoms with Gasteiger partial charge in [0.2, 0.25) is 5.91 Å². The average Bonchev–Trinajstić information content (AvgIpc) is 3.39. The molecule has 218 valence electrons. The van der Waals surface area contributed by atoms with Gasteiger partial charge in [0.25, 0.3) is 0 Å². The van der Waals surface area contributed by atoms with E-state index < -0.39 is 0 Å². The van der Waals surface area contributed by atoms with Gasteiger partial charge >= 0.3 is 0 Å². The maximum absolute atomic E-state index is 12.4. The Balaban J connectivity index is 1.42. The van der Waals surface area contributed by atoms with Crippen molar-refractivity contribution < 1.29 is 19.4 Å². The molecule has 0 bridgehead atoms. The number of aliphatic hydroxyl groups is 1. The molecule has 7 nitrogen and oxygen atoms in total. The number of Topliss-reactive ketones (excluding diaryl/α,β-unsaturated/α-hetero) is 1. The lowest BCUT2D eigenvalue weighted by molar-refractivity contribution is -0.118. The fraction of sp³-hybridized carbons (Fsp3) is 0.314. The Morgan fingerprint density at radius 3 is 2.45 bits per heavy atom. The molecule has 4 aromatic rings. The van der Waals surface area contributed by atoms with Crippen LogP contribution in [0, 0.1) is 11.8 Å². The van der Waals surface area contributed by atoms with Crippen LogP contribution in [0.2, 0.25) is 0 Å². The van der Waals surface area contributed by atoms with Gasteiger partial charge in [0.15, 0.2) is 5.78 Å². The van der Waals surface area contributed by atoms with Gasteiger partial charge in [-0.2, -0.15) is 0 Å². The molecule has 0 fully saturated rings. The standard InChI is InChI=1S/C35H39N3O4/c1-24(2)42-35-17-14-27(11-10-26-12-15-28(16-13-26)34(41)9-6-18-36-25(3)40)19-30(35)22-37-31(23-39)20-29-21-38-33-8-5-4-7-32(29)33/h4-5,7-8,12-17,19,21,24,31,37-39H,6,9,18,20,22-23H2,1-3H3,(H,36,40)/t31-/m1/s1. The van der Waals surface area contributed by atoms with Gasteiger partial charge in [0.05, 0.1) is 12.7 Å². The number of para-hydroxylation sites is 1. The van der Waals surface area contributed by atoms with Crippen LogP contribution in [0.25, 0.3) is 10.9 Å². The van der Waals surface area contributed by atoms with E-state index in [0.29, 0.717) is 37.9 Å². The molecule has 1 amide bonds. The van der Waals surface area contributed by atoms with Gasteiger partial charge in [-0.05, 0) is 68.7 Å². The highest BCUT2D eigenvalue weighted by Gasteiger charge is 2.14. The van der Waals surface area contributed by atoms with Crippen molar-refractivity contribution in [3.8, 4) is 17.6 Å². The Bertz CT molecular complexity index is 1560. The molecule has 0 spiro atoms. The van der Waals surface area contributed by atoms with Crippen LogP contribution < -0.4 is 15.4 Å². The first-order valence-electron chi connectivity index (χ1n) is 14.4. The summed E-state index contributed by atoms with van der Waals surface area (Å²) in [4.78, 5) is 26.7. The number of fused-ring (bicyclic) bond motifs is 1. The molecule has 0 aliphatic rings. The number of aromatic nitrogens is 1. The lowest BCUT2D eigenvalue weighted by Gasteiger charge is -2.19. The summed E-state index contributed by atoms with van der Waals surface area (Å²) in [6.45, 7) is 6.48. The first kappa shape index (κ1) is 30.6. The van der Waals surface area contributed by atoms with E-state index in [4.69, 9.17) is 4.74 Å². The summed E-state index contributed by atoms with van der Waals surface area (Å²) in [5.74, 6) is 7.16. The van der Waals surface area contributed by atoms with Crippen LogP contribution in [0.5, 0.6) is 5.75 Å². The zero-order valence-electron chi connectivity index (χ0n) is 24.5. The molecule has 0 saturated carbocycles. The Kier molecular flexibility index (Phi) is 10.9. The summed E-state index contributed by atoms with van der Waals surface area (Å²) < 4.78 is 6.07. The van der Waals surface area contributed by atoms with Crippen LogP contribution in [0.4, 0.5) is 0 Å². The van der Waals surface area contributed by atoms with E-state index in [9.17, 15) is 14.7 Å². The largest absolute Gasteiger partial charge is 0.491 e. The van der Waals surface area contributed by atoms with Crippen molar-refractivity contribution in [2.75, 3.05) is 13.2 Å². The monoisotopic (exact) mass is 565 g/mol. The smallest absolute Gasteiger partial charge is 0.216 e. The van der Waals surface area contributed by atoms with E-state index >= 15 is 0 Å². The quantitative estimate of drug-likeness (QED) is 0.102. The molecule has 42 heavy (non-hydrogen) atoms. The van der Waals surface area contributed by atoms with Crippen molar-refractivity contribution in [3.63, 3.8) is 0 Å². The molecular weight excluding hydrogens is 526 g/mol. The van der Waals surface area contributed by atoms with Crippen LogP contribution in [-0.2, 0) is 17.8 Å². The maximum Gasteiger partial charge on any atom is 0.216 e. The number of rotatable bonds is 13. The average molecular weight is 566 g/mol. The lowest BCUT2D eigenvalue weighted by atomic mass is 10.0. The number of hydrogen-bond acceptors (Lipinski definition) is 5. The first-order valence-corrected chi connectivity index (χ1v) is 14.4. The Hall–Kier alpha value is -4.38. The van der Waals surface area contributed by atoms with Crippen LogP contribution >= 0.6 is 0 Å². The number of nitrogens with one attached hydrogen (secondary N) is 3. The Morgan fingerprint density at radius 2 is 1.71 bits per heavy atom. The highest BCUT2D eigenvalue weighted by atomic mass is 16.5. The van der Waals surface area contributed by atoms with E-state index in [1.165, 1.54) is 12.3 Å². The number of carbonyl (C=O) groups excluding carboxylic acids is 2. The summed E-state index contributed by atoms with van der Waals surface area (Å²) in [6, 6.07) is 21.2. The van der Waals surface area contributed by atoms with E-state index in [0.717, 1.165) is 33.5 Å². The highest BCUT2D eigenvalue weighted by Crippen LogP contribution is 2.23. The van der Waals surface area contributed by atoms with E-state index in [-0.39, 0.29) is 30.4 Å². The normalized spacial score (nSPS) is 11.6. The Labute approximate surface area is 247 Å². The second-order valence-corrected chi connectivity index (χ2v) is 10.7.